The lowest BCUT2D eigenvalue weighted by Crippen LogP contribution is -2.13. The summed E-state index contributed by atoms with van der Waals surface area (Å²) in [6.07, 6.45) is 1.59. The van der Waals surface area contributed by atoms with E-state index in [1.165, 1.54) is 0 Å². The van der Waals surface area contributed by atoms with Crippen molar-refractivity contribution in [1.82, 2.24) is 4.98 Å². The van der Waals surface area contributed by atoms with Gasteiger partial charge < -0.3 is 15.4 Å². The molecule has 0 saturated carbocycles. The molecule has 0 fully saturated rings. The minimum absolute atomic E-state index is 0.289. The van der Waals surface area contributed by atoms with Crippen LogP contribution in [0, 0.1) is 0 Å². The number of rotatable bonds is 6. The van der Waals surface area contributed by atoms with Gasteiger partial charge in [0.15, 0.2) is 0 Å². The van der Waals surface area contributed by atoms with Gasteiger partial charge in [0.1, 0.15) is 11.4 Å². The van der Waals surface area contributed by atoms with Crippen molar-refractivity contribution in [1.29, 1.82) is 0 Å². The Balaban J connectivity index is 1.69. The van der Waals surface area contributed by atoms with Gasteiger partial charge in [0, 0.05) is 28.3 Å². The summed E-state index contributed by atoms with van der Waals surface area (Å²) in [5, 5.41) is 6.65. The van der Waals surface area contributed by atoms with E-state index in [1.807, 2.05) is 31.2 Å². The minimum atomic E-state index is -0.289. The van der Waals surface area contributed by atoms with Gasteiger partial charge in [-0.15, -0.1) is 0 Å². The van der Waals surface area contributed by atoms with Crippen LogP contribution in [0.3, 0.4) is 0 Å². The average molecular weight is 368 g/mol. The normalized spacial score (nSPS) is 10.2. The maximum Gasteiger partial charge on any atom is 0.274 e. The second-order valence-electron chi connectivity index (χ2n) is 5.47. The molecule has 0 atom stereocenters. The smallest absolute Gasteiger partial charge is 0.274 e. The zero-order valence-corrected chi connectivity index (χ0v) is 15.0. The molecule has 0 aliphatic rings. The highest BCUT2D eigenvalue weighted by atomic mass is 35.5. The van der Waals surface area contributed by atoms with E-state index in [4.69, 9.17) is 16.3 Å². The minimum Gasteiger partial charge on any atom is -0.494 e. The first-order valence-corrected chi connectivity index (χ1v) is 8.54. The number of ether oxygens (including phenoxy) is 1. The Morgan fingerprint density at radius 2 is 1.69 bits per heavy atom. The predicted molar refractivity (Wildman–Crippen MR) is 105 cm³/mol. The number of aromatic nitrogens is 1. The van der Waals surface area contributed by atoms with Gasteiger partial charge in [-0.3, -0.25) is 9.78 Å². The molecule has 0 bridgehead atoms. The van der Waals surface area contributed by atoms with Crippen molar-refractivity contribution >= 4 is 34.6 Å². The summed E-state index contributed by atoms with van der Waals surface area (Å²) in [6.45, 7) is 2.57. The summed E-state index contributed by atoms with van der Waals surface area (Å²) in [5.41, 5.74) is 2.64. The number of pyridine rings is 1. The van der Waals surface area contributed by atoms with Crippen LogP contribution in [0.15, 0.2) is 66.9 Å². The van der Waals surface area contributed by atoms with Crippen LogP contribution in [0.25, 0.3) is 0 Å². The van der Waals surface area contributed by atoms with Crippen LogP contribution in [0.5, 0.6) is 5.75 Å². The molecule has 2 aromatic carbocycles. The number of nitrogens with one attached hydrogen (secondary N) is 2. The zero-order chi connectivity index (χ0) is 18.4. The summed E-state index contributed by atoms with van der Waals surface area (Å²) < 4.78 is 5.43. The van der Waals surface area contributed by atoms with E-state index < -0.39 is 0 Å². The quantitative estimate of drug-likeness (QED) is 0.634. The maximum absolute atomic E-state index is 12.4. The molecule has 0 aliphatic carbocycles. The van der Waals surface area contributed by atoms with Crippen LogP contribution in [0.4, 0.5) is 17.1 Å². The second kappa shape index (κ2) is 8.36. The first-order chi connectivity index (χ1) is 12.6. The van der Waals surface area contributed by atoms with Gasteiger partial charge in [-0.1, -0.05) is 11.6 Å². The molecule has 5 nitrogen and oxygen atoms in total. The molecule has 3 rings (SSSR count). The van der Waals surface area contributed by atoms with E-state index in [0.717, 1.165) is 17.1 Å². The number of carbonyl (C=O) groups is 1. The topological polar surface area (TPSA) is 63.2 Å². The van der Waals surface area contributed by atoms with Crippen molar-refractivity contribution in [3.05, 3.63) is 77.6 Å². The second-order valence-corrected chi connectivity index (χ2v) is 5.91. The molecule has 1 heterocycles. The molecular formula is C20H18ClN3O2. The fourth-order valence-corrected chi connectivity index (χ4v) is 2.45. The lowest BCUT2D eigenvalue weighted by molar-refractivity contribution is 0.102. The summed E-state index contributed by atoms with van der Waals surface area (Å²) in [5.74, 6) is 0.526. The Morgan fingerprint density at radius 3 is 2.38 bits per heavy atom. The average Bonchev–Trinajstić information content (AvgIpc) is 2.66. The van der Waals surface area contributed by atoms with E-state index >= 15 is 0 Å². The monoisotopic (exact) mass is 367 g/mol. The molecule has 6 heteroatoms. The lowest BCUT2D eigenvalue weighted by Gasteiger charge is -2.09. The van der Waals surface area contributed by atoms with E-state index in [-0.39, 0.29) is 5.91 Å². The largest absolute Gasteiger partial charge is 0.494 e. The van der Waals surface area contributed by atoms with Gasteiger partial charge in [0.2, 0.25) is 0 Å². The van der Waals surface area contributed by atoms with Crippen LogP contribution in [0.1, 0.15) is 17.4 Å². The van der Waals surface area contributed by atoms with Gasteiger partial charge in [-0.25, -0.2) is 0 Å². The molecule has 1 aromatic heterocycles. The van der Waals surface area contributed by atoms with Crippen LogP contribution in [-0.4, -0.2) is 17.5 Å². The Hall–Kier alpha value is -3.05. The highest BCUT2D eigenvalue weighted by Crippen LogP contribution is 2.21. The SMILES string of the molecule is CCOc1ccc(Nc2ccnc(C(=O)Nc3ccc(Cl)cc3)c2)cc1. The number of hydrogen-bond acceptors (Lipinski definition) is 4. The first kappa shape index (κ1) is 17.8. The number of carbonyl (C=O) groups excluding carboxylic acids is 1. The summed E-state index contributed by atoms with van der Waals surface area (Å²) in [6, 6.07) is 18.0. The third-order valence-electron chi connectivity index (χ3n) is 3.55. The van der Waals surface area contributed by atoms with Crippen LogP contribution >= 0.6 is 11.6 Å². The molecule has 3 aromatic rings. The molecule has 0 saturated heterocycles. The number of benzene rings is 2. The molecule has 0 unspecified atom stereocenters. The third kappa shape index (κ3) is 4.74. The number of amides is 1. The lowest BCUT2D eigenvalue weighted by atomic mass is 10.2. The zero-order valence-electron chi connectivity index (χ0n) is 14.2. The molecule has 26 heavy (non-hydrogen) atoms. The van der Waals surface area contributed by atoms with Gasteiger partial charge in [-0.2, -0.15) is 0 Å². The Morgan fingerprint density at radius 1 is 1.00 bits per heavy atom. The molecular weight excluding hydrogens is 350 g/mol. The standard InChI is InChI=1S/C20H18ClN3O2/c1-2-26-18-9-7-15(8-10-18)23-17-11-12-22-19(13-17)20(25)24-16-5-3-14(21)4-6-16/h3-13H,2H2,1H3,(H,22,23)(H,24,25). The van der Waals surface area contributed by atoms with Gasteiger partial charge in [-0.05, 0) is 67.6 Å². The Bertz CT molecular complexity index is 880. The Labute approximate surface area is 157 Å². The van der Waals surface area contributed by atoms with Gasteiger partial charge in [0.25, 0.3) is 5.91 Å². The van der Waals surface area contributed by atoms with Crippen molar-refractivity contribution in [2.24, 2.45) is 0 Å². The molecule has 1 amide bonds. The van der Waals surface area contributed by atoms with Crippen LogP contribution in [-0.2, 0) is 0 Å². The van der Waals surface area contributed by atoms with E-state index in [9.17, 15) is 4.79 Å². The predicted octanol–water partition coefficient (Wildman–Crippen LogP) is 5.13. The van der Waals surface area contributed by atoms with Gasteiger partial charge in [0.05, 0.1) is 6.61 Å². The highest BCUT2D eigenvalue weighted by molar-refractivity contribution is 6.30. The van der Waals surface area contributed by atoms with Crippen molar-refractivity contribution in [2.75, 3.05) is 17.2 Å². The van der Waals surface area contributed by atoms with E-state index in [0.29, 0.717) is 23.0 Å². The number of nitrogens with zero attached hydrogens (tertiary/aromatic N) is 1. The fourth-order valence-electron chi connectivity index (χ4n) is 2.33. The van der Waals surface area contributed by atoms with Gasteiger partial charge >= 0.3 is 0 Å². The van der Waals surface area contributed by atoms with Crippen LogP contribution in [0.2, 0.25) is 5.02 Å². The molecule has 0 aliphatic heterocycles. The van der Waals surface area contributed by atoms with Crippen molar-refractivity contribution in [2.45, 2.75) is 6.92 Å². The summed E-state index contributed by atoms with van der Waals surface area (Å²) in [4.78, 5) is 16.5. The maximum atomic E-state index is 12.4. The highest BCUT2D eigenvalue weighted by Gasteiger charge is 2.09. The first-order valence-electron chi connectivity index (χ1n) is 8.17. The Kier molecular flexibility index (Phi) is 5.71. The molecule has 2 N–H and O–H groups in total. The molecule has 0 radical (unpaired) electrons. The summed E-state index contributed by atoms with van der Waals surface area (Å²) >= 11 is 5.85. The van der Waals surface area contributed by atoms with E-state index in [1.54, 1.807) is 42.6 Å². The number of halogens is 1. The van der Waals surface area contributed by atoms with E-state index in [2.05, 4.69) is 15.6 Å². The van der Waals surface area contributed by atoms with Crippen molar-refractivity contribution in [3.63, 3.8) is 0 Å². The summed E-state index contributed by atoms with van der Waals surface area (Å²) in [7, 11) is 0. The molecule has 132 valence electrons. The van der Waals surface area contributed by atoms with Crippen LogP contribution < -0.4 is 15.4 Å². The molecule has 0 spiro atoms. The van der Waals surface area contributed by atoms with Crippen molar-refractivity contribution in [3.8, 4) is 5.75 Å². The number of anilines is 3. The fraction of sp³-hybridized carbons (Fsp3) is 0.100. The van der Waals surface area contributed by atoms with Crippen molar-refractivity contribution < 1.29 is 9.53 Å². The number of hydrogen-bond donors (Lipinski definition) is 2. The third-order valence-corrected chi connectivity index (χ3v) is 3.80.